The Morgan fingerprint density at radius 2 is 2.09 bits per heavy atom. The van der Waals surface area contributed by atoms with Crippen molar-refractivity contribution in [2.45, 2.75) is 18.2 Å². The third-order valence-corrected chi connectivity index (χ3v) is 4.72. The highest BCUT2D eigenvalue weighted by Crippen LogP contribution is 2.40. The lowest BCUT2D eigenvalue weighted by Crippen LogP contribution is -2.20. The summed E-state index contributed by atoms with van der Waals surface area (Å²) in [7, 11) is -3.00. The maximum absolute atomic E-state index is 13.3. The zero-order valence-electron chi connectivity index (χ0n) is 12.3. The normalized spacial score (nSPS) is 14.4. The molecule has 1 aliphatic heterocycles. The molecule has 2 heterocycles. The Morgan fingerprint density at radius 1 is 1.35 bits per heavy atom. The first-order valence-corrected chi connectivity index (χ1v) is 8.15. The van der Waals surface area contributed by atoms with Crippen molar-refractivity contribution in [2.75, 3.05) is 7.11 Å². The molecule has 120 valence electrons. The Kier molecular flexibility index (Phi) is 3.56. The smallest absolute Gasteiger partial charge is 0.341 e. The first-order chi connectivity index (χ1) is 10.9. The van der Waals surface area contributed by atoms with Gasteiger partial charge in [-0.25, -0.2) is 9.18 Å². The average Bonchev–Trinajstić information content (AvgIpc) is 2.52. The molecule has 1 aromatic heterocycles. The number of fused-ring (bicyclic) bond motifs is 3. The summed E-state index contributed by atoms with van der Waals surface area (Å²) in [5.74, 6) is -1.43. The molecule has 0 saturated carbocycles. The van der Waals surface area contributed by atoms with Crippen molar-refractivity contribution in [1.82, 2.24) is 4.98 Å². The highest BCUT2D eigenvalue weighted by Gasteiger charge is 2.33. The molecule has 1 aliphatic rings. The molecule has 8 heteroatoms. The molecule has 23 heavy (non-hydrogen) atoms. The molecular weight excluding hydrogens is 325 g/mol. The maximum atomic E-state index is 13.3. The molecule has 0 saturated heterocycles. The zero-order valence-corrected chi connectivity index (χ0v) is 13.1. The number of esters is 1. The fourth-order valence-corrected chi connectivity index (χ4v) is 3.52. The summed E-state index contributed by atoms with van der Waals surface area (Å²) < 4.78 is 47.4. The van der Waals surface area contributed by atoms with Crippen LogP contribution in [0.4, 0.5) is 4.39 Å². The van der Waals surface area contributed by atoms with Crippen LogP contribution in [-0.4, -0.2) is 26.5 Å². The van der Waals surface area contributed by atoms with Gasteiger partial charge in [-0.1, -0.05) is 6.92 Å². The van der Waals surface area contributed by atoms with E-state index in [-0.39, 0.29) is 21.9 Å². The number of hydrogen-bond donors (Lipinski definition) is 0. The van der Waals surface area contributed by atoms with E-state index in [4.69, 9.17) is 4.18 Å². The van der Waals surface area contributed by atoms with Crippen molar-refractivity contribution < 1.29 is 26.5 Å². The molecule has 0 atom stereocenters. The number of rotatable bonds is 2. The Labute approximate surface area is 132 Å². The summed E-state index contributed by atoms with van der Waals surface area (Å²) in [6.07, 6.45) is 0.398. The van der Waals surface area contributed by atoms with Gasteiger partial charge in [-0.15, -0.1) is 0 Å². The zero-order chi connectivity index (χ0) is 16.8. The number of carbonyl (C=O) groups is 1. The second kappa shape index (κ2) is 5.31. The second-order valence-corrected chi connectivity index (χ2v) is 6.37. The quantitative estimate of drug-likeness (QED) is 0.618. The minimum absolute atomic E-state index is 0.0616. The third-order valence-electron chi connectivity index (χ3n) is 3.47. The number of aromatic nitrogens is 1. The van der Waals surface area contributed by atoms with Crippen molar-refractivity contribution >= 4 is 16.1 Å². The van der Waals surface area contributed by atoms with Gasteiger partial charge >= 0.3 is 16.1 Å². The van der Waals surface area contributed by atoms with Gasteiger partial charge in [0.25, 0.3) is 0 Å². The van der Waals surface area contributed by atoms with Crippen LogP contribution >= 0.6 is 0 Å². The lowest BCUT2D eigenvalue weighted by molar-refractivity contribution is 0.0598. The predicted molar refractivity (Wildman–Crippen MR) is 78.2 cm³/mol. The van der Waals surface area contributed by atoms with Crippen LogP contribution in [0.25, 0.3) is 11.3 Å². The van der Waals surface area contributed by atoms with E-state index < -0.39 is 21.9 Å². The molecule has 6 nitrogen and oxygen atoms in total. The van der Waals surface area contributed by atoms with Crippen LogP contribution in [0.1, 0.15) is 23.0 Å². The van der Waals surface area contributed by atoms with Crippen LogP contribution in [0, 0.1) is 5.82 Å². The Balaban J connectivity index is 2.35. The number of benzene rings is 1. The number of ether oxygens (including phenoxy) is 1. The minimum Gasteiger partial charge on any atom is -0.465 e. The summed E-state index contributed by atoms with van der Waals surface area (Å²) in [4.78, 5) is 15.9. The standard InChI is InChI=1S/C15H12FNO5S/c1-3-11-10(15(18)21-2)7-13-14(17-11)9-5-4-8(16)6-12(9)22-23(13,19)20/h4-7H,3H2,1-2H3. The third kappa shape index (κ3) is 2.44. The minimum atomic E-state index is -4.20. The predicted octanol–water partition coefficient (Wildman–Crippen LogP) is 2.32. The van der Waals surface area contributed by atoms with Crippen LogP contribution in [-0.2, 0) is 21.3 Å². The SMILES string of the molecule is CCc1nc2c(cc1C(=O)OC)S(=O)(=O)Oc1cc(F)ccc1-2. The lowest BCUT2D eigenvalue weighted by Gasteiger charge is -2.21. The average molecular weight is 337 g/mol. The molecule has 0 radical (unpaired) electrons. The van der Waals surface area contributed by atoms with Crippen LogP contribution in [0.2, 0.25) is 0 Å². The number of nitrogens with zero attached hydrogens (tertiary/aromatic N) is 1. The molecule has 0 unspecified atom stereocenters. The van der Waals surface area contributed by atoms with Gasteiger partial charge in [0.2, 0.25) is 0 Å². The fourth-order valence-electron chi connectivity index (χ4n) is 2.40. The Morgan fingerprint density at radius 3 is 2.74 bits per heavy atom. The Bertz CT molecular complexity index is 924. The summed E-state index contributed by atoms with van der Waals surface area (Å²) in [6.45, 7) is 1.78. The number of halogens is 1. The van der Waals surface area contributed by atoms with Crippen LogP contribution in [0.15, 0.2) is 29.2 Å². The number of carbonyl (C=O) groups excluding carboxylic acids is 1. The van der Waals surface area contributed by atoms with E-state index in [1.165, 1.54) is 25.3 Å². The van der Waals surface area contributed by atoms with Crippen LogP contribution < -0.4 is 4.18 Å². The van der Waals surface area contributed by atoms with E-state index in [1.807, 2.05) is 0 Å². The molecule has 2 aromatic rings. The molecule has 3 rings (SSSR count). The van der Waals surface area contributed by atoms with Crippen LogP contribution in [0.3, 0.4) is 0 Å². The largest absolute Gasteiger partial charge is 0.465 e. The van der Waals surface area contributed by atoms with Gasteiger partial charge in [0.05, 0.1) is 24.1 Å². The number of methoxy groups -OCH3 is 1. The van der Waals surface area contributed by atoms with Gasteiger partial charge in [-0.2, -0.15) is 8.42 Å². The van der Waals surface area contributed by atoms with E-state index in [0.29, 0.717) is 17.7 Å². The fraction of sp³-hybridized carbons (Fsp3) is 0.200. The maximum Gasteiger partial charge on any atom is 0.341 e. The van der Waals surface area contributed by atoms with Crippen molar-refractivity contribution in [1.29, 1.82) is 0 Å². The topological polar surface area (TPSA) is 82.6 Å². The molecule has 0 bridgehead atoms. The van der Waals surface area contributed by atoms with Crippen molar-refractivity contribution in [3.05, 3.63) is 41.3 Å². The van der Waals surface area contributed by atoms with Gasteiger partial charge in [-0.05, 0) is 24.6 Å². The molecule has 0 spiro atoms. The van der Waals surface area contributed by atoms with E-state index in [2.05, 4.69) is 9.72 Å². The molecule has 0 N–H and O–H groups in total. The molecular formula is C15H12FNO5S. The number of pyridine rings is 1. The van der Waals surface area contributed by atoms with Crippen molar-refractivity contribution in [3.8, 4) is 17.0 Å². The number of hydrogen-bond acceptors (Lipinski definition) is 6. The lowest BCUT2D eigenvalue weighted by atomic mass is 10.1. The molecule has 0 fully saturated rings. The van der Waals surface area contributed by atoms with Gasteiger partial charge in [0, 0.05) is 11.6 Å². The summed E-state index contributed by atoms with van der Waals surface area (Å²) >= 11 is 0. The van der Waals surface area contributed by atoms with E-state index in [1.54, 1.807) is 6.92 Å². The number of aryl methyl sites for hydroxylation is 1. The summed E-state index contributed by atoms with van der Waals surface area (Å²) in [6, 6.07) is 4.75. The summed E-state index contributed by atoms with van der Waals surface area (Å²) in [5, 5.41) is 0. The molecule has 0 amide bonds. The molecule has 1 aromatic carbocycles. The van der Waals surface area contributed by atoms with Crippen molar-refractivity contribution in [2.24, 2.45) is 0 Å². The highest BCUT2D eigenvalue weighted by molar-refractivity contribution is 7.87. The van der Waals surface area contributed by atoms with Crippen molar-refractivity contribution in [3.63, 3.8) is 0 Å². The van der Waals surface area contributed by atoms with Crippen LogP contribution in [0.5, 0.6) is 5.75 Å². The van der Waals surface area contributed by atoms with E-state index in [9.17, 15) is 17.6 Å². The van der Waals surface area contributed by atoms with E-state index >= 15 is 0 Å². The van der Waals surface area contributed by atoms with E-state index in [0.717, 1.165) is 6.07 Å². The monoisotopic (exact) mass is 337 g/mol. The Hall–Kier alpha value is -2.48. The van der Waals surface area contributed by atoms with Gasteiger partial charge in [-0.3, -0.25) is 4.98 Å². The van der Waals surface area contributed by atoms with Gasteiger partial charge in [0.15, 0.2) is 5.75 Å². The van der Waals surface area contributed by atoms with Gasteiger partial charge < -0.3 is 8.92 Å². The van der Waals surface area contributed by atoms with Gasteiger partial charge in [0.1, 0.15) is 10.7 Å². The first kappa shape index (κ1) is 15.4. The second-order valence-electron chi connectivity index (χ2n) is 4.85. The highest BCUT2D eigenvalue weighted by atomic mass is 32.2. The summed E-state index contributed by atoms with van der Waals surface area (Å²) in [5.41, 5.74) is 0.938. The molecule has 0 aliphatic carbocycles. The first-order valence-electron chi connectivity index (χ1n) is 6.74.